The SMILES string of the molecule is CC(NC(=O)c1cccc(Cl)c1F)c1ccccc1N. The van der Waals surface area contributed by atoms with E-state index in [0.29, 0.717) is 5.69 Å². The molecule has 0 saturated heterocycles. The highest BCUT2D eigenvalue weighted by molar-refractivity contribution is 6.31. The quantitative estimate of drug-likeness (QED) is 0.850. The number of benzene rings is 2. The molecule has 0 bridgehead atoms. The van der Waals surface area contributed by atoms with Gasteiger partial charge in [0.25, 0.3) is 5.91 Å². The van der Waals surface area contributed by atoms with Crippen molar-refractivity contribution in [2.75, 3.05) is 5.73 Å². The molecular weight excluding hydrogens is 279 g/mol. The zero-order valence-corrected chi connectivity index (χ0v) is 11.6. The zero-order chi connectivity index (χ0) is 14.7. The Kier molecular flexibility index (Phi) is 4.25. The van der Waals surface area contributed by atoms with Gasteiger partial charge < -0.3 is 11.1 Å². The lowest BCUT2D eigenvalue weighted by Crippen LogP contribution is -2.28. The lowest BCUT2D eigenvalue weighted by molar-refractivity contribution is 0.0936. The highest BCUT2D eigenvalue weighted by Crippen LogP contribution is 2.22. The molecule has 1 unspecified atom stereocenters. The van der Waals surface area contributed by atoms with Crippen molar-refractivity contribution >= 4 is 23.2 Å². The first kappa shape index (κ1) is 14.3. The molecular formula is C15H14ClFN2O. The fraction of sp³-hybridized carbons (Fsp3) is 0.133. The molecule has 2 aromatic carbocycles. The van der Waals surface area contributed by atoms with Gasteiger partial charge in [-0.2, -0.15) is 0 Å². The minimum atomic E-state index is -0.722. The number of para-hydroxylation sites is 1. The number of nitrogen functional groups attached to an aromatic ring is 1. The molecule has 0 heterocycles. The van der Waals surface area contributed by atoms with Crippen LogP contribution in [-0.4, -0.2) is 5.91 Å². The first-order valence-corrected chi connectivity index (χ1v) is 6.47. The van der Waals surface area contributed by atoms with Gasteiger partial charge in [0.15, 0.2) is 5.82 Å². The fourth-order valence-corrected chi connectivity index (χ4v) is 2.11. The molecule has 0 fully saturated rings. The van der Waals surface area contributed by atoms with Crippen LogP contribution in [0.3, 0.4) is 0 Å². The predicted octanol–water partition coefficient (Wildman–Crippen LogP) is 3.55. The van der Waals surface area contributed by atoms with Gasteiger partial charge in [-0.05, 0) is 30.7 Å². The van der Waals surface area contributed by atoms with Gasteiger partial charge in [-0.1, -0.05) is 35.9 Å². The molecule has 3 nitrogen and oxygen atoms in total. The number of rotatable bonds is 3. The summed E-state index contributed by atoms with van der Waals surface area (Å²) in [5, 5.41) is 2.62. The minimum Gasteiger partial charge on any atom is -0.398 e. The van der Waals surface area contributed by atoms with Crippen molar-refractivity contribution in [3.63, 3.8) is 0 Å². The smallest absolute Gasteiger partial charge is 0.254 e. The largest absolute Gasteiger partial charge is 0.398 e. The van der Waals surface area contributed by atoms with Crippen LogP contribution in [0.5, 0.6) is 0 Å². The number of nitrogens with one attached hydrogen (secondary N) is 1. The van der Waals surface area contributed by atoms with Crippen LogP contribution in [0.25, 0.3) is 0 Å². The summed E-state index contributed by atoms with van der Waals surface area (Å²) >= 11 is 5.66. The highest BCUT2D eigenvalue weighted by Gasteiger charge is 2.17. The summed E-state index contributed by atoms with van der Waals surface area (Å²) in [6, 6.07) is 11.2. The number of halogens is 2. The van der Waals surface area contributed by atoms with E-state index < -0.39 is 11.7 Å². The molecule has 0 aliphatic rings. The van der Waals surface area contributed by atoms with Crippen LogP contribution in [0.2, 0.25) is 5.02 Å². The van der Waals surface area contributed by atoms with Crippen LogP contribution in [0, 0.1) is 5.82 Å². The number of anilines is 1. The van der Waals surface area contributed by atoms with Crippen molar-refractivity contribution in [1.82, 2.24) is 5.32 Å². The summed E-state index contributed by atoms with van der Waals surface area (Å²) in [7, 11) is 0. The van der Waals surface area contributed by atoms with Crippen molar-refractivity contribution in [1.29, 1.82) is 0 Å². The Bertz CT molecular complexity index is 646. The number of hydrogen-bond donors (Lipinski definition) is 2. The van der Waals surface area contributed by atoms with E-state index in [-0.39, 0.29) is 16.6 Å². The molecule has 20 heavy (non-hydrogen) atoms. The third-order valence-corrected chi connectivity index (χ3v) is 3.30. The van der Waals surface area contributed by atoms with Crippen LogP contribution in [0.15, 0.2) is 42.5 Å². The molecule has 0 spiro atoms. The summed E-state index contributed by atoms with van der Waals surface area (Å²) in [5.74, 6) is -1.25. The molecule has 0 aliphatic carbocycles. The number of carbonyl (C=O) groups excluding carboxylic acids is 1. The fourth-order valence-electron chi connectivity index (χ4n) is 1.94. The minimum absolute atomic E-state index is 0.0791. The molecule has 0 saturated carbocycles. The molecule has 0 aromatic heterocycles. The Morgan fingerprint density at radius 1 is 1.25 bits per heavy atom. The van der Waals surface area contributed by atoms with Gasteiger partial charge in [-0.3, -0.25) is 4.79 Å². The standard InChI is InChI=1S/C15H14ClFN2O/c1-9(10-5-2-3-8-13(10)18)19-15(20)11-6-4-7-12(16)14(11)17/h2-9H,18H2,1H3,(H,19,20). The van der Waals surface area contributed by atoms with E-state index in [1.807, 2.05) is 18.2 Å². The Morgan fingerprint density at radius 3 is 2.65 bits per heavy atom. The second kappa shape index (κ2) is 5.92. The Balaban J connectivity index is 2.20. The van der Waals surface area contributed by atoms with Crippen LogP contribution in [-0.2, 0) is 0 Å². The van der Waals surface area contributed by atoms with Crippen LogP contribution in [0.1, 0.15) is 28.9 Å². The first-order chi connectivity index (χ1) is 9.50. The van der Waals surface area contributed by atoms with Crippen molar-refractivity contribution in [3.8, 4) is 0 Å². The van der Waals surface area contributed by atoms with Crippen LogP contribution < -0.4 is 11.1 Å². The second-order valence-electron chi connectivity index (χ2n) is 4.43. The maximum Gasteiger partial charge on any atom is 0.254 e. The molecule has 2 rings (SSSR count). The van der Waals surface area contributed by atoms with E-state index in [9.17, 15) is 9.18 Å². The Hall–Kier alpha value is -2.07. The topological polar surface area (TPSA) is 55.1 Å². The third-order valence-electron chi connectivity index (χ3n) is 3.01. The van der Waals surface area contributed by atoms with Gasteiger partial charge in [0, 0.05) is 5.69 Å². The molecule has 1 amide bonds. The van der Waals surface area contributed by atoms with Gasteiger partial charge in [-0.15, -0.1) is 0 Å². The van der Waals surface area contributed by atoms with Gasteiger partial charge in [-0.25, -0.2) is 4.39 Å². The molecule has 0 radical (unpaired) electrons. The van der Waals surface area contributed by atoms with Gasteiger partial charge in [0.1, 0.15) is 0 Å². The van der Waals surface area contributed by atoms with E-state index >= 15 is 0 Å². The summed E-state index contributed by atoms with van der Waals surface area (Å²) in [4.78, 5) is 12.1. The van der Waals surface area contributed by atoms with Crippen LogP contribution in [0.4, 0.5) is 10.1 Å². The molecule has 2 aromatic rings. The lowest BCUT2D eigenvalue weighted by Gasteiger charge is -2.16. The molecule has 1 atom stereocenters. The Labute approximate surface area is 121 Å². The van der Waals surface area contributed by atoms with Gasteiger partial charge >= 0.3 is 0 Å². The molecule has 0 aliphatic heterocycles. The first-order valence-electron chi connectivity index (χ1n) is 6.10. The molecule has 3 N–H and O–H groups in total. The van der Waals surface area contributed by atoms with E-state index in [1.54, 1.807) is 13.0 Å². The van der Waals surface area contributed by atoms with E-state index in [4.69, 9.17) is 17.3 Å². The van der Waals surface area contributed by atoms with Crippen molar-refractivity contribution in [3.05, 3.63) is 64.4 Å². The third kappa shape index (κ3) is 2.91. The second-order valence-corrected chi connectivity index (χ2v) is 4.83. The number of hydrogen-bond acceptors (Lipinski definition) is 2. The summed E-state index contributed by atoms with van der Waals surface area (Å²) < 4.78 is 13.8. The van der Waals surface area contributed by atoms with Gasteiger partial charge in [0.05, 0.1) is 16.6 Å². The monoisotopic (exact) mass is 292 g/mol. The maximum atomic E-state index is 13.8. The summed E-state index contributed by atoms with van der Waals surface area (Å²) in [5.41, 5.74) is 7.12. The maximum absolute atomic E-state index is 13.8. The van der Waals surface area contributed by atoms with Crippen molar-refractivity contribution in [2.24, 2.45) is 0 Å². The van der Waals surface area contributed by atoms with Gasteiger partial charge in [0.2, 0.25) is 0 Å². The molecule has 5 heteroatoms. The summed E-state index contributed by atoms with van der Waals surface area (Å²) in [6.07, 6.45) is 0. The molecule has 104 valence electrons. The van der Waals surface area contributed by atoms with E-state index in [2.05, 4.69) is 5.32 Å². The Morgan fingerprint density at radius 2 is 1.95 bits per heavy atom. The summed E-state index contributed by atoms with van der Waals surface area (Å²) in [6.45, 7) is 1.78. The average molecular weight is 293 g/mol. The predicted molar refractivity (Wildman–Crippen MR) is 78.1 cm³/mol. The lowest BCUT2D eigenvalue weighted by atomic mass is 10.1. The van der Waals surface area contributed by atoms with E-state index in [1.165, 1.54) is 18.2 Å². The highest BCUT2D eigenvalue weighted by atomic mass is 35.5. The van der Waals surface area contributed by atoms with E-state index in [0.717, 1.165) is 5.56 Å². The van der Waals surface area contributed by atoms with Crippen LogP contribution >= 0.6 is 11.6 Å². The normalized spacial score (nSPS) is 11.9. The zero-order valence-electron chi connectivity index (χ0n) is 10.9. The number of carbonyl (C=O) groups is 1. The van der Waals surface area contributed by atoms with Crippen molar-refractivity contribution < 1.29 is 9.18 Å². The van der Waals surface area contributed by atoms with Crippen molar-refractivity contribution in [2.45, 2.75) is 13.0 Å². The number of amides is 1. The average Bonchev–Trinajstić information content (AvgIpc) is 2.42. The number of nitrogens with two attached hydrogens (primary N) is 1.